The fraction of sp³-hybridized carbons (Fsp3) is 0.167. The average molecular weight is 245 g/mol. The Morgan fingerprint density at radius 3 is 2.88 bits per heavy atom. The van der Waals surface area contributed by atoms with Gasteiger partial charge in [0, 0.05) is 24.2 Å². The fourth-order valence-corrected chi connectivity index (χ4v) is 2.10. The van der Waals surface area contributed by atoms with Crippen molar-refractivity contribution >= 4 is 11.3 Å². The lowest BCUT2D eigenvalue weighted by Gasteiger charge is -2.04. The van der Waals surface area contributed by atoms with Crippen molar-refractivity contribution < 1.29 is 0 Å². The van der Waals surface area contributed by atoms with E-state index < -0.39 is 0 Å². The lowest BCUT2D eigenvalue weighted by Crippen LogP contribution is -2.14. The van der Waals surface area contributed by atoms with Crippen LogP contribution >= 0.6 is 11.3 Å². The first kappa shape index (κ1) is 11.6. The predicted molar refractivity (Wildman–Crippen MR) is 66.6 cm³/mol. The summed E-state index contributed by atoms with van der Waals surface area (Å²) in [5, 5.41) is 13.9. The number of rotatable bonds is 4. The predicted octanol–water partition coefficient (Wildman–Crippen LogP) is 1.60. The van der Waals surface area contributed by atoms with Crippen molar-refractivity contribution in [2.75, 3.05) is 0 Å². The first-order chi connectivity index (χ1) is 8.29. The highest BCUT2D eigenvalue weighted by molar-refractivity contribution is 7.07. The van der Waals surface area contributed by atoms with E-state index in [4.69, 9.17) is 5.26 Å². The second kappa shape index (κ2) is 5.43. The highest BCUT2D eigenvalue weighted by Gasteiger charge is 2.00. The minimum absolute atomic E-state index is 0.0424. The summed E-state index contributed by atoms with van der Waals surface area (Å²) < 4.78 is 0. The average Bonchev–Trinajstić information content (AvgIpc) is 2.76. The topological polar surface area (TPSA) is 68.7 Å². The molecule has 0 saturated carbocycles. The van der Waals surface area contributed by atoms with Gasteiger partial charge in [0.15, 0.2) is 0 Å². The minimum Gasteiger partial charge on any atom is -0.315 e. The summed E-state index contributed by atoms with van der Waals surface area (Å²) in [4.78, 5) is 13.6. The number of aromatic nitrogens is 1. The Bertz CT molecular complexity index is 594. The molecule has 0 amide bonds. The van der Waals surface area contributed by atoms with Gasteiger partial charge in [-0.1, -0.05) is 29.5 Å². The third-order valence-electron chi connectivity index (χ3n) is 2.34. The number of aromatic amines is 1. The highest BCUT2D eigenvalue weighted by atomic mass is 32.1. The van der Waals surface area contributed by atoms with Gasteiger partial charge >= 0.3 is 4.87 Å². The van der Waals surface area contributed by atoms with Crippen LogP contribution in [0.4, 0.5) is 0 Å². The number of hydrogen-bond acceptors (Lipinski definition) is 4. The van der Waals surface area contributed by atoms with Crippen LogP contribution in [0.25, 0.3) is 0 Å². The Labute approximate surface area is 103 Å². The van der Waals surface area contributed by atoms with Crippen molar-refractivity contribution in [3.05, 3.63) is 56.1 Å². The molecule has 1 aromatic carbocycles. The molecule has 0 spiro atoms. The fourth-order valence-electron chi connectivity index (χ4n) is 1.52. The largest absolute Gasteiger partial charge is 0.315 e. The van der Waals surface area contributed by atoms with Gasteiger partial charge in [-0.25, -0.2) is 0 Å². The molecule has 4 nitrogen and oxygen atoms in total. The van der Waals surface area contributed by atoms with Gasteiger partial charge in [-0.3, -0.25) is 4.79 Å². The maximum atomic E-state index is 10.9. The molecule has 1 heterocycles. The van der Waals surface area contributed by atoms with Gasteiger partial charge in [-0.2, -0.15) is 5.26 Å². The Morgan fingerprint density at radius 2 is 2.18 bits per heavy atom. The molecule has 0 aliphatic carbocycles. The lowest BCUT2D eigenvalue weighted by atomic mass is 10.1. The molecule has 0 fully saturated rings. The number of benzene rings is 1. The molecule has 86 valence electrons. The summed E-state index contributed by atoms with van der Waals surface area (Å²) in [5.74, 6) is 0. The zero-order valence-corrected chi connectivity index (χ0v) is 9.88. The normalized spacial score (nSPS) is 10.1. The summed E-state index contributed by atoms with van der Waals surface area (Å²) in [6.07, 6.45) is 0. The first-order valence-corrected chi connectivity index (χ1v) is 6.03. The van der Waals surface area contributed by atoms with Gasteiger partial charge in [0.05, 0.1) is 11.6 Å². The van der Waals surface area contributed by atoms with Crippen molar-refractivity contribution in [1.82, 2.24) is 10.3 Å². The summed E-state index contributed by atoms with van der Waals surface area (Å²) >= 11 is 1.15. The van der Waals surface area contributed by atoms with Crippen LogP contribution in [-0.4, -0.2) is 4.98 Å². The second-order valence-corrected chi connectivity index (χ2v) is 4.39. The third-order valence-corrected chi connectivity index (χ3v) is 3.06. The van der Waals surface area contributed by atoms with Crippen molar-refractivity contribution in [2.24, 2.45) is 0 Å². The van der Waals surface area contributed by atoms with E-state index >= 15 is 0 Å². The summed E-state index contributed by atoms with van der Waals surface area (Å²) in [6, 6.07) is 9.62. The quantitative estimate of drug-likeness (QED) is 0.859. The van der Waals surface area contributed by atoms with Crippen molar-refractivity contribution in [2.45, 2.75) is 13.1 Å². The zero-order valence-electron chi connectivity index (χ0n) is 9.06. The van der Waals surface area contributed by atoms with Crippen LogP contribution in [0, 0.1) is 11.3 Å². The molecular formula is C12H11N3OS. The van der Waals surface area contributed by atoms with Crippen molar-refractivity contribution in [3.63, 3.8) is 0 Å². The Hall–Kier alpha value is -1.90. The number of H-pyrrole nitrogens is 1. The van der Waals surface area contributed by atoms with Crippen LogP contribution in [0.3, 0.4) is 0 Å². The minimum atomic E-state index is -0.0424. The molecule has 1 aromatic heterocycles. The number of nitriles is 1. The molecule has 2 aromatic rings. The van der Waals surface area contributed by atoms with Gasteiger partial charge in [-0.05, 0) is 11.6 Å². The van der Waals surface area contributed by atoms with Gasteiger partial charge in [0.1, 0.15) is 0 Å². The van der Waals surface area contributed by atoms with Gasteiger partial charge in [-0.15, -0.1) is 0 Å². The number of thiazole rings is 1. The van der Waals surface area contributed by atoms with Gasteiger partial charge in [0.25, 0.3) is 0 Å². The smallest absolute Gasteiger partial charge is 0.304 e. The number of nitrogens with one attached hydrogen (secondary N) is 2. The Balaban J connectivity index is 1.94. The van der Waals surface area contributed by atoms with Gasteiger partial charge < -0.3 is 10.3 Å². The van der Waals surface area contributed by atoms with Crippen molar-refractivity contribution in [1.29, 1.82) is 5.26 Å². The molecule has 17 heavy (non-hydrogen) atoms. The maximum Gasteiger partial charge on any atom is 0.304 e. The molecule has 2 rings (SSSR count). The Morgan fingerprint density at radius 1 is 1.35 bits per heavy atom. The van der Waals surface area contributed by atoms with E-state index in [1.54, 1.807) is 11.4 Å². The van der Waals surface area contributed by atoms with Crippen LogP contribution < -0.4 is 10.2 Å². The van der Waals surface area contributed by atoms with E-state index in [1.807, 2.05) is 18.2 Å². The van der Waals surface area contributed by atoms with Crippen molar-refractivity contribution in [3.8, 4) is 6.07 Å². The third kappa shape index (κ3) is 3.03. The van der Waals surface area contributed by atoms with Crippen LogP contribution in [-0.2, 0) is 13.1 Å². The van der Waals surface area contributed by atoms with E-state index in [-0.39, 0.29) is 4.87 Å². The molecule has 0 aliphatic rings. The van der Waals surface area contributed by atoms with Gasteiger partial charge in [0.2, 0.25) is 0 Å². The maximum absolute atomic E-state index is 10.9. The number of nitrogens with zero attached hydrogens (tertiary/aromatic N) is 1. The molecule has 0 atom stereocenters. The van der Waals surface area contributed by atoms with E-state index in [2.05, 4.69) is 16.4 Å². The van der Waals surface area contributed by atoms with E-state index in [0.29, 0.717) is 18.7 Å². The monoisotopic (exact) mass is 245 g/mol. The molecule has 0 saturated heterocycles. The number of hydrogen-bond donors (Lipinski definition) is 2. The molecular weight excluding hydrogens is 234 g/mol. The SMILES string of the molecule is N#Cc1ccccc1CNCc1csc(=O)[nH]1. The van der Waals surface area contributed by atoms with E-state index in [0.717, 1.165) is 22.6 Å². The molecule has 2 N–H and O–H groups in total. The Kier molecular flexibility index (Phi) is 3.70. The summed E-state index contributed by atoms with van der Waals surface area (Å²) in [7, 11) is 0. The van der Waals surface area contributed by atoms with Crippen LogP contribution in [0.2, 0.25) is 0 Å². The first-order valence-electron chi connectivity index (χ1n) is 5.15. The second-order valence-electron chi connectivity index (χ2n) is 3.55. The standard InChI is InChI=1S/C12H11N3OS/c13-5-9-3-1-2-4-10(9)6-14-7-11-8-17-12(16)15-11/h1-4,8,14H,6-7H2,(H,15,16). The van der Waals surface area contributed by atoms with E-state index in [9.17, 15) is 4.79 Å². The summed E-state index contributed by atoms with van der Waals surface area (Å²) in [6.45, 7) is 1.21. The molecule has 0 aliphatic heterocycles. The van der Waals surface area contributed by atoms with Crippen LogP contribution in [0.15, 0.2) is 34.4 Å². The summed E-state index contributed by atoms with van der Waals surface area (Å²) in [5.41, 5.74) is 2.51. The molecule has 0 unspecified atom stereocenters. The molecule has 5 heteroatoms. The lowest BCUT2D eigenvalue weighted by molar-refractivity contribution is 0.680. The van der Waals surface area contributed by atoms with Crippen LogP contribution in [0.1, 0.15) is 16.8 Å². The van der Waals surface area contributed by atoms with E-state index in [1.165, 1.54) is 0 Å². The molecule has 0 bridgehead atoms. The zero-order chi connectivity index (χ0) is 12.1. The highest BCUT2D eigenvalue weighted by Crippen LogP contribution is 2.07. The molecule has 0 radical (unpaired) electrons. The van der Waals surface area contributed by atoms with Crippen LogP contribution in [0.5, 0.6) is 0 Å².